The lowest BCUT2D eigenvalue weighted by atomic mass is 9.97. The zero-order valence-corrected chi connectivity index (χ0v) is 14.7. The third-order valence-corrected chi connectivity index (χ3v) is 4.21. The molecule has 0 radical (unpaired) electrons. The van der Waals surface area contributed by atoms with Crippen LogP contribution < -0.4 is 5.32 Å². The Hall–Kier alpha value is -2.75. The second-order valence-corrected chi connectivity index (χ2v) is 6.68. The van der Waals surface area contributed by atoms with Crippen molar-refractivity contribution in [1.29, 1.82) is 0 Å². The lowest BCUT2D eigenvalue weighted by molar-refractivity contribution is 0.134. The number of amides is 1. The molecular formula is C21H24N2O2. The molecule has 2 N–H and O–H groups in total. The Balaban J connectivity index is 1.71. The van der Waals surface area contributed by atoms with E-state index in [2.05, 4.69) is 30.2 Å². The molecule has 130 valence electrons. The topological polar surface area (TPSA) is 54.1 Å². The van der Waals surface area contributed by atoms with Crippen LogP contribution in [0.25, 0.3) is 10.9 Å². The summed E-state index contributed by atoms with van der Waals surface area (Å²) >= 11 is 0. The van der Waals surface area contributed by atoms with Crippen molar-refractivity contribution in [3.63, 3.8) is 0 Å². The highest BCUT2D eigenvalue weighted by Crippen LogP contribution is 2.28. The van der Waals surface area contributed by atoms with Gasteiger partial charge in [0.2, 0.25) is 0 Å². The number of nitrogens with one attached hydrogen (secondary N) is 2. The summed E-state index contributed by atoms with van der Waals surface area (Å²) in [6.07, 6.45) is 2.44. The first-order chi connectivity index (χ1) is 12.1. The van der Waals surface area contributed by atoms with Crippen molar-refractivity contribution in [3.05, 3.63) is 71.9 Å². The van der Waals surface area contributed by atoms with Crippen molar-refractivity contribution < 1.29 is 9.53 Å². The first-order valence-electron chi connectivity index (χ1n) is 8.66. The number of carbonyl (C=O) groups excluding carboxylic acids is 1. The molecule has 25 heavy (non-hydrogen) atoms. The van der Waals surface area contributed by atoms with Gasteiger partial charge >= 0.3 is 6.09 Å². The van der Waals surface area contributed by atoms with Crippen molar-refractivity contribution >= 4 is 17.0 Å². The molecule has 3 rings (SSSR count). The smallest absolute Gasteiger partial charge is 0.407 e. The lowest BCUT2D eigenvalue weighted by Crippen LogP contribution is -2.30. The minimum absolute atomic E-state index is 0.0839. The van der Waals surface area contributed by atoms with Gasteiger partial charge in [-0.2, -0.15) is 0 Å². The molecule has 0 spiro atoms. The molecule has 2 aromatic carbocycles. The zero-order chi connectivity index (χ0) is 17.6. The van der Waals surface area contributed by atoms with Gasteiger partial charge in [0.25, 0.3) is 0 Å². The first kappa shape index (κ1) is 17.1. The number of rotatable bonds is 6. The molecule has 1 unspecified atom stereocenters. The van der Waals surface area contributed by atoms with Crippen LogP contribution in [-0.2, 0) is 11.3 Å². The van der Waals surface area contributed by atoms with Gasteiger partial charge < -0.3 is 15.0 Å². The maximum absolute atomic E-state index is 12.3. The van der Waals surface area contributed by atoms with Gasteiger partial charge in [0.15, 0.2) is 0 Å². The van der Waals surface area contributed by atoms with Crippen LogP contribution in [0.5, 0.6) is 0 Å². The van der Waals surface area contributed by atoms with Gasteiger partial charge in [-0.25, -0.2) is 4.79 Å². The highest BCUT2D eigenvalue weighted by atomic mass is 16.5. The van der Waals surface area contributed by atoms with E-state index in [-0.39, 0.29) is 18.7 Å². The molecule has 0 fully saturated rings. The van der Waals surface area contributed by atoms with Crippen LogP contribution in [0.15, 0.2) is 60.8 Å². The second-order valence-electron chi connectivity index (χ2n) is 6.68. The number of fused-ring (bicyclic) bond motifs is 1. The van der Waals surface area contributed by atoms with Gasteiger partial charge in [0.05, 0.1) is 6.04 Å². The minimum atomic E-state index is -0.389. The van der Waals surface area contributed by atoms with Crippen molar-refractivity contribution in [3.8, 4) is 0 Å². The molecule has 3 aromatic rings. The molecule has 0 saturated heterocycles. The maximum Gasteiger partial charge on any atom is 0.407 e. The first-order valence-corrected chi connectivity index (χ1v) is 8.66. The number of alkyl carbamates (subject to hydrolysis) is 1. The number of hydrogen-bond acceptors (Lipinski definition) is 2. The quantitative estimate of drug-likeness (QED) is 0.651. The predicted octanol–water partition coefficient (Wildman–Crippen LogP) is 5.18. The summed E-state index contributed by atoms with van der Waals surface area (Å²) in [7, 11) is 0. The molecular weight excluding hydrogens is 312 g/mol. The van der Waals surface area contributed by atoms with Crippen LogP contribution in [0.1, 0.15) is 37.4 Å². The van der Waals surface area contributed by atoms with Gasteiger partial charge in [-0.15, -0.1) is 0 Å². The van der Waals surface area contributed by atoms with E-state index < -0.39 is 0 Å². The number of aromatic nitrogens is 1. The minimum Gasteiger partial charge on any atom is -0.445 e. The second kappa shape index (κ2) is 7.88. The Labute approximate surface area is 148 Å². The molecule has 1 amide bonds. The highest BCUT2D eigenvalue weighted by molar-refractivity contribution is 5.84. The summed E-state index contributed by atoms with van der Waals surface area (Å²) < 4.78 is 5.39. The summed E-state index contributed by atoms with van der Waals surface area (Å²) in [5.74, 6) is 0.452. The molecule has 1 heterocycles. The van der Waals surface area contributed by atoms with E-state index in [1.165, 1.54) is 0 Å². The zero-order valence-electron chi connectivity index (χ0n) is 14.7. The molecule has 1 aromatic heterocycles. The number of carbonyl (C=O) groups is 1. The molecule has 0 aliphatic rings. The molecule has 0 aliphatic carbocycles. The predicted molar refractivity (Wildman–Crippen MR) is 100 cm³/mol. The molecule has 4 heteroatoms. The summed E-state index contributed by atoms with van der Waals surface area (Å²) in [6.45, 7) is 4.58. The normalized spacial score (nSPS) is 12.3. The fourth-order valence-corrected chi connectivity index (χ4v) is 3.02. The fraction of sp³-hybridized carbons (Fsp3) is 0.286. The van der Waals surface area contributed by atoms with E-state index in [0.717, 1.165) is 28.5 Å². The van der Waals surface area contributed by atoms with Gasteiger partial charge in [-0.05, 0) is 29.5 Å². The Kier molecular flexibility index (Phi) is 5.39. The number of H-pyrrole nitrogens is 1. The van der Waals surface area contributed by atoms with Crippen LogP contribution >= 0.6 is 0 Å². The van der Waals surface area contributed by atoms with E-state index in [1.54, 1.807) is 0 Å². The van der Waals surface area contributed by atoms with E-state index in [0.29, 0.717) is 5.92 Å². The Morgan fingerprint density at radius 1 is 1.08 bits per heavy atom. The van der Waals surface area contributed by atoms with Crippen molar-refractivity contribution in [1.82, 2.24) is 10.3 Å². The van der Waals surface area contributed by atoms with E-state index in [9.17, 15) is 4.79 Å². The van der Waals surface area contributed by atoms with Gasteiger partial charge in [-0.1, -0.05) is 62.4 Å². The number of hydrogen-bond donors (Lipinski definition) is 2. The molecule has 0 saturated carbocycles. The van der Waals surface area contributed by atoms with Gasteiger partial charge in [0.1, 0.15) is 6.61 Å². The number of benzene rings is 2. The van der Waals surface area contributed by atoms with Crippen LogP contribution in [0.4, 0.5) is 4.79 Å². The third kappa shape index (κ3) is 4.41. The highest BCUT2D eigenvalue weighted by Gasteiger charge is 2.20. The number of ether oxygens (including phenoxy) is 1. The van der Waals surface area contributed by atoms with Gasteiger partial charge in [-0.3, -0.25) is 0 Å². The SMILES string of the molecule is CC(C)CC(NC(=O)OCc1ccccc1)c1c[nH]c2ccccc12. The Morgan fingerprint density at radius 2 is 1.80 bits per heavy atom. The molecule has 0 aliphatic heterocycles. The van der Waals surface area contributed by atoms with Crippen LogP contribution in [0.3, 0.4) is 0 Å². The molecule has 0 bridgehead atoms. The van der Waals surface area contributed by atoms with Gasteiger partial charge in [0, 0.05) is 17.1 Å². The monoisotopic (exact) mass is 336 g/mol. The largest absolute Gasteiger partial charge is 0.445 e. The lowest BCUT2D eigenvalue weighted by Gasteiger charge is -2.20. The molecule has 1 atom stereocenters. The summed E-state index contributed by atoms with van der Waals surface area (Å²) in [4.78, 5) is 15.6. The summed E-state index contributed by atoms with van der Waals surface area (Å²) in [6, 6.07) is 17.7. The van der Waals surface area contributed by atoms with Crippen molar-refractivity contribution in [2.24, 2.45) is 5.92 Å². The van der Waals surface area contributed by atoms with Crippen LogP contribution in [0.2, 0.25) is 0 Å². The number of para-hydroxylation sites is 1. The third-order valence-electron chi connectivity index (χ3n) is 4.21. The summed E-state index contributed by atoms with van der Waals surface area (Å²) in [5.41, 5.74) is 3.15. The Bertz CT molecular complexity index is 824. The van der Waals surface area contributed by atoms with Crippen LogP contribution in [-0.4, -0.2) is 11.1 Å². The standard InChI is InChI=1S/C21H24N2O2/c1-15(2)12-20(18-13-22-19-11-7-6-10-17(18)19)23-21(24)25-14-16-8-4-3-5-9-16/h3-11,13,15,20,22H,12,14H2,1-2H3,(H,23,24). The number of aromatic amines is 1. The maximum atomic E-state index is 12.3. The average Bonchev–Trinajstić information content (AvgIpc) is 3.04. The fourth-order valence-electron chi connectivity index (χ4n) is 3.02. The van der Waals surface area contributed by atoms with E-state index in [1.807, 2.05) is 54.7 Å². The van der Waals surface area contributed by atoms with Crippen molar-refractivity contribution in [2.45, 2.75) is 32.9 Å². The van der Waals surface area contributed by atoms with Crippen molar-refractivity contribution in [2.75, 3.05) is 0 Å². The Morgan fingerprint density at radius 3 is 2.56 bits per heavy atom. The average molecular weight is 336 g/mol. The van der Waals surface area contributed by atoms with E-state index in [4.69, 9.17) is 4.74 Å². The van der Waals surface area contributed by atoms with E-state index >= 15 is 0 Å². The molecule has 4 nitrogen and oxygen atoms in total. The summed E-state index contributed by atoms with van der Waals surface area (Å²) in [5, 5.41) is 4.17. The van der Waals surface area contributed by atoms with Crippen LogP contribution in [0, 0.1) is 5.92 Å².